The van der Waals surface area contributed by atoms with Crippen molar-refractivity contribution in [2.45, 2.75) is 52.0 Å². The molecule has 0 spiro atoms. The maximum atomic E-state index is 13.9. The smallest absolute Gasteiger partial charge is 0.129 e. The highest BCUT2D eigenvalue weighted by atomic mass is 19.1. The first kappa shape index (κ1) is 15.4. The molecule has 1 nitrogen and oxygen atoms in total. The zero-order valence-corrected chi connectivity index (χ0v) is 12.6. The summed E-state index contributed by atoms with van der Waals surface area (Å²) in [5.74, 6) is 0.316. The highest BCUT2D eigenvalue weighted by molar-refractivity contribution is 5.23. The molecule has 1 aromatic rings. The van der Waals surface area contributed by atoms with Gasteiger partial charge in [0.2, 0.25) is 0 Å². The summed E-state index contributed by atoms with van der Waals surface area (Å²) in [6, 6.07) is 4.04. The van der Waals surface area contributed by atoms with Crippen LogP contribution in [0.15, 0.2) is 18.2 Å². The first-order valence-electron chi connectivity index (χ1n) is 7.55. The molecule has 20 heavy (non-hydrogen) atoms. The Morgan fingerprint density at radius 1 is 1.25 bits per heavy atom. The molecule has 0 heterocycles. The number of halogens is 2. The number of hydrogen-bond donors (Lipinski definition) is 1. The van der Waals surface area contributed by atoms with Gasteiger partial charge in [-0.05, 0) is 49.1 Å². The highest BCUT2D eigenvalue weighted by Gasteiger charge is 2.42. The average molecular weight is 281 g/mol. The molecule has 0 aromatic heterocycles. The maximum Gasteiger partial charge on any atom is 0.129 e. The SMILES string of the molecule is CC1CCC(C(C)C)C(N)(Cc2c(F)cccc2F)C1. The molecule has 3 heteroatoms. The molecular formula is C17H25F2N. The van der Waals surface area contributed by atoms with E-state index in [4.69, 9.17) is 5.73 Å². The molecule has 112 valence electrons. The first-order valence-corrected chi connectivity index (χ1v) is 7.55. The van der Waals surface area contributed by atoms with E-state index >= 15 is 0 Å². The topological polar surface area (TPSA) is 26.0 Å². The first-order chi connectivity index (χ1) is 9.33. The van der Waals surface area contributed by atoms with Crippen LogP contribution in [-0.2, 0) is 6.42 Å². The summed E-state index contributed by atoms with van der Waals surface area (Å²) in [6.07, 6.45) is 3.33. The van der Waals surface area contributed by atoms with Gasteiger partial charge in [0.25, 0.3) is 0 Å². The van der Waals surface area contributed by atoms with Crippen LogP contribution in [0, 0.1) is 29.4 Å². The zero-order chi connectivity index (χ0) is 14.9. The van der Waals surface area contributed by atoms with Gasteiger partial charge in [-0.15, -0.1) is 0 Å². The monoisotopic (exact) mass is 281 g/mol. The van der Waals surface area contributed by atoms with Gasteiger partial charge in [-0.25, -0.2) is 8.78 Å². The minimum Gasteiger partial charge on any atom is -0.325 e. The van der Waals surface area contributed by atoms with E-state index in [9.17, 15) is 8.78 Å². The van der Waals surface area contributed by atoms with Gasteiger partial charge in [0.15, 0.2) is 0 Å². The summed E-state index contributed by atoms with van der Waals surface area (Å²) in [6.45, 7) is 6.48. The van der Waals surface area contributed by atoms with E-state index in [0.29, 0.717) is 24.2 Å². The van der Waals surface area contributed by atoms with E-state index in [2.05, 4.69) is 20.8 Å². The molecule has 0 amide bonds. The second-order valence-corrected chi connectivity index (χ2v) is 6.85. The Morgan fingerprint density at radius 3 is 2.40 bits per heavy atom. The van der Waals surface area contributed by atoms with Crippen LogP contribution in [0.1, 0.15) is 45.6 Å². The quantitative estimate of drug-likeness (QED) is 0.878. The molecule has 0 radical (unpaired) electrons. The van der Waals surface area contributed by atoms with Crippen molar-refractivity contribution in [2.75, 3.05) is 0 Å². The van der Waals surface area contributed by atoms with Crippen LogP contribution in [0.25, 0.3) is 0 Å². The van der Waals surface area contributed by atoms with Crippen LogP contribution in [0.3, 0.4) is 0 Å². The molecule has 3 unspecified atom stereocenters. The lowest BCUT2D eigenvalue weighted by atomic mass is 9.63. The summed E-state index contributed by atoms with van der Waals surface area (Å²) in [5.41, 5.74) is 6.27. The van der Waals surface area contributed by atoms with Gasteiger partial charge in [0, 0.05) is 11.1 Å². The fourth-order valence-corrected chi connectivity index (χ4v) is 3.88. The standard InChI is InChI=1S/C17H25F2N/c1-11(2)14-8-7-12(3)9-17(14,20)10-13-15(18)5-4-6-16(13)19/h4-6,11-12,14H,7-10,20H2,1-3H3. The second kappa shape index (κ2) is 5.80. The van der Waals surface area contributed by atoms with E-state index in [1.54, 1.807) is 0 Å². The van der Waals surface area contributed by atoms with Gasteiger partial charge in [-0.1, -0.05) is 33.3 Å². The van der Waals surface area contributed by atoms with Crippen LogP contribution < -0.4 is 5.73 Å². The molecule has 1 aromatic carbocycles. The lowest BCUT2D eigenvalue weighted by Gasteiger charge is -2.46. The van der Waals surface area contributed by atoms with Crippen molar-refractivity contribution in [3.8, 4) is 0 Å². The summed E-state index contributed by atoms with van der Waals surface area (Å²) in [5, 5.41) is 0. The van der Waals surface area contributed by atoms with Crippen molar-refractivity contribution in [1.29, 1.82) is 0 Å². The van der Waals surface area contributed by atoms with Crippen molar-refractivity contribution < 1.29 is 8.78 Å². The largest absolute Gasteiger partial charge is 0.325 e. The van der Waals surface area contributed by atoms with Crippen molar-refractivity contribution in [3.63, 3.8) is 0 Å². The fourth-order valence-electron chi connectivity index (χ4n) is 3.88. The predicted molar refractivity (Wildman–Crippen MR) is 78.3 cm³/mol. The zero-order valence-electron chi connectivity index (χ0n) is 12.6. The molecule has 0 saturated heterocycles. The molecule has 0 bridgehead atoms. The number of rotatable bonds is 3. The number of hydrogen-bond acceptors (Lipinski definition) is 1. The van der Waals surface area contributed by atoms with E-state index in [1.165, 1.54) is 18.2 Å². The fraction of sp³-hybridized carbons (Fsp3) is 0.647. The Morgan fingerprint density at radius 2 is 1.85 bits per heavy atom. The third-order valence-electron chi connectivity index (χ3n) is 4.81. The minimum absolute atomic E-state index is 0.148. The van der Waals surface area contributed by atoms with Crippen LogP contribution in [-0.4, -0.2) is 5.54 Å². The van der Waals surface area contributed by atoms with Crippen molar-refractivity contribution in [1.82, 2.24) is 0 Å². The van der Waals surface area contributed by atoms with Crippen LogP contribution in [0.4, 0.5) is 8.78 Å². The van der Waals surface area contributed by atoms with Gasteiger partial charge in [0.1, 0.15) is 11.6 Å². The highest BCUT2D eigenvalue weighted by Crippen LogP contribution is 2.41. The Kier molecular flexibility index (Phi) is 4.48. The van der Waals surface area contributed by atoms with Crippen molar-refractivity contribution in [2.24, 2.45) is 23.5 Å². The van der Waals surface area contributed by atoms with Crippen LogP contribution >= 0.6 is 0 Å². The molecule has 2 N–H and O–H groups in total. The second-order valence-electron chi connectivity index (χ2n) is 6.85. The number of nitrogens with two attached hydrogens (primary N) is 1. The Labute approximate surface area is 120 Å². The minimum atomic E-state index is -0.505. The van der Waals surface area contributed by atoms with Crippen LogP contribution in [0.2, 0.25) is 0 Å². The average Bonchev–Trinajstić information content (AvgIpc) is 2.33. The third-order valence-corrected chi connectivity index (χ3v) is 4.81. The molecule has 1 aliphatic rings. The summed E-state index contributed by atoms with van der Waals surface area (Å²) in [7, 11) is 0. The van der Waals surface area contributed by atoms with E-state index < -0.39 is 17.2 Å². The summed E-state index contributed by atoms with van der Waals surface area (Å²) < 4.78 is 27.8. The molecule has 1 aliphatic carbocycles. The lowest BCUT2D eigenvalue weighted by Crippen LogP contribution is -2.54. The molecule has 1 fully saturated rings. The summed E-state index contributed by atoms with van der Waals surface area (Å²) in [4.78, 5) is 0. The molecule has 3 atom stereocenters. The van der Waals surface area contributed by atoms with Gasteiger partial charge in [-0.2, -0.15) is 0 Å². The van der Waals surface area contributed by atoms with Gasteiger partial charge >= 0.3 is 0 Å². The van der Waals surface area contributed by atoms with E-state index in [-0.39, 0.29) is 5.56 Å². The Balaban J connectivity index is 2.31. The maximum absolute atomic E-state index is 13.9. The lowest BCUT2D eigenvalue weighted by molar-refractivity contribution is 0.107. The number of benzene rings is 1. The van der Waals surface area contributed by atoms with Gasteiger partial charge in [-0.3, -0.25) is 0 Å². The molecule has 0 aliphatic heterocycles. The third kappa shape index (κ3) is 3.03. The van der Waals surface area contributed by atoms with Crippen LogP contribution in [0.5, 0.6) is 0 Å². The normalized spacial score (nSPS) is 30.8. The Bertz CT molecular complexity index is 452. The Hall–Kier alpha value is -0.960. The molecule has 1 saturated carbocycles. The van der Waals surface area contributed by atoms with Gasteiger partial charge in [0.05, 0.1) is 0 Å². The molecular weight excluding hydrogens is 256 g/mol. The summed E-state index contributed by atoms with van der Waals surface area (Å²) >= 11 is 0. The van der Waals surface area contributed by atoms with Gasteiger partial charge < -0.3 is 5.73 Å². The van der Waals surface area contributed by atoms with E-state index in [1.807, 2.05) is 0 Å². The predicted octanol–water partition coefficient (Wildman–Crippen LogP) is 4.30. The van der Waals surface area contributed by atoms with Crippen molar-refractivity contribution >= 4 is 0 Å². The van der Waals surface area contributed by atoms with Crippen molar-refractivity contribution in [3.05, 3.63) is 35.4 Å². The van der Waals surface area contributed by atoms with E-state index in [0.717, 1.165) is 19.3 Å². The molecule has 2 rings (SSSR count).